The Morgan fingerprint density at radius 3 is 2.35 bits per heavy atom. The molecule has 0 aliphatic heterocycles. The van der Waals surface area contributed by atoms with Crippen LogP contribution in [0.2, 0.25) is 5.02 Å². The second-order valence-corrected chi connectivity index (χ2v) is 7.81. The number of aromatic nitrogens is 2. The van der Waals surface area contributed by atoms with Crippen LogP contribution in [0.5, 0.6) is 5.75 Å². The van der Waals surface area contributed by atoms with Gasteiger partial charge in [-0.25, -0.2) is 4.98 Å². The minimum absolute atomic E-state index is 0.136. The highest BCUT2D eigenvalue weighted by Crippen LogP contribution is 2.17. The molecule has 0 radical (unpaired) electrons. The first-order valence-electron chi connectivity index (χ1n) is 10.3. The lowest BCUT2D eigenvalue weighted by atomic mass is 10.1. The Balaban J connectivity index is 1.60. The smallest absolute Gasteiger partial charge is 0.258 e. The van der Waals surface area contributed by atoms with Crippen LogP contribution in [-0.4, -0.2) is 20.9 Å². The first-order valence-corrected chi connectivity index (χ1v) is 10.6. The molecule has 0 unspecified atom stereocenters. The molecule has 0 saturated heterocycles. The molecule has 158 valence electrons. The first-order chi connectivity index (χ1) is 15.1. The van der Waals surface area contributed by atoms with Gasteiger partial charge in [0.15, 0.2) is 0 Å². The highest BCUT2D eigenvalue weighted by molar-refractivity contribution is 6.30. The zero-order valence-electron chi connectivity index (χ0n) is 17.4. The fraction of sp³-hybridized carbons (Fsp3) is 0.200. The van der Waals surface area contributed by atoms with Gasteiger partial charge in [0.25, 0.3) is 5.56 Å². The average Bonchev–Trinajstić information content (AvgIpc) is 2.77. The fourth-order valence-corrected chi connectivity index (χ4v) is 3.72. The lowest BCUT2D eigenvalue weighted by Crippen LogP contribution is -2.25. The van der Waals surface area contributed by atoms with Crippen LogP contribution in [0.3, 0.4) is 0 Å². The van der Waals surface area contributed by atoms with E-state index in [0.717, 1.165) is 24.5 Å². The molecule has 4 rings (SSSR count). The van der Waals surface area contributed by atoms with Gasteiger partial charge < -0.3 is 4.74 Å². The number of hydrogen-bond donors (Lipinski definition) is 0. The van der Waals surface area contributed by atoms with E-state index in [0.29, 0.717) is 23.8 Å². The Hall–Kier alpha value is -3.15. The molecule has 2 aromatic heterocycles. The van der Waals surface area contributed by atoms with E-state index >= 15 is 0 Å². The number of fused-ring (bicyclic) bond motifs is 1. The summed E-state index contributed by atoms with van der Waals surface area (Å²) < 4.78 is 7.02. The van der Waals surface area contributed by atoms with Gasteiger partial charge in [-0.1, -0.05) is 54.1 Å². The van der Waals surface area contributed by atoms with Crippen molar-refractivity contribution in [3.05, 3.63) is 111 Å². The Labute approximate surface area is 186 Å². The van der Waals surface area contributed by atoms with Crippen LogP contribution in [-0.2, 0) is 19.6 Å². The molecule has 0 amide bonds. The van der Waals surface area contributed by atoms with Crippen LogP contribution >= 0.6 is 11.6 Å². The predicted molar refractivity (Wildman–Crippen MR) is 123 cm³/mol. The van der Waals surface area contributed by atoms with Crippen LogP contribution in [0, 0.1) is 0 Å². The molecule has 0 atom stereocenters. The Morgan fingerprint density at radius 2 is 1.65 bits per heavy atom. The summed E-state index contributed by atoms with van der Waals surface area (Å²) >= 11 is 6.02. The van der Waals surface area contributed by atoms with Crippen LogP contribution < -0.4 is 10.3 Å². The third kappa shape index (κ3) is 5.51. The maximum absolute atomic E-state index is 12.6. The molecule has 0 bridgehead atoms. The van der Waals surface area contributed by atoms with Crippen LogP contribution in [0.4, 0.5) is 0 Å². The van der Waals surface area contributed by atoms with Gasteiger partial charge in [-0.15, -0.1) is 0 Å². The molecular formula is C25H24ClN3O2. The van der Waals surface area contributed by atoms with Gasteiger partial charge in [-0.05, 0) is 42.3 Å². The van der Waals surface area contributed by atoms with E-state index in [9.17, 15) is 4.79 Å². The largest absolute Gasteiger partial charge is 0.494 e. The van der Waals surface area contributed by atoms with Crippen molar-refractivity contribution in [3.8, 4) is 5.75 Å². The lowest BCUT2D eigenvalue weighted by molar-refractivity contribution is 0.244. The minimum atomic E-state index is -0.136. The number of pyridine rings is 1. The van der Waals surface area contributed by atoms with Gasteiger partial charge in [0.2, 0.25) is 0 Å². The summed E-state index contributed by atoms with van der Waals surface area (Å²) in [5.41, 5.74) is 3.56. The summed E-state index contributed by atoms with van der Waals surface area (Å²) in [5, 5.41) is 0.505. The Morgan fingerprint density at radius 1 is 0.935 bits per heavy atom. The zero-order valence-corrected chi connectivity index (χ0v) is 18.1. The molecule has 0 aliphatic carbocycles. The van der Waals surface area contributed by atoms with E-state index in [1.54, 1.807) is 24.4 Å². The van der Waals surface area contributed by atoms with E-state index in [2.05, 4.69) is 34.1 Å². The molecule has 0 fully saturated rings. The maximum Gasteiger partial charge on any atom is 0.258 e. The van der Waals surface area contributed by atoms with Gasteiger partial charge in [-0.2, -0.15) is 0 Å². The Bertz CT molecular complexity index is 1210. The average molecular weight is 434 g/mol. The van der Waals surface area contributed by atoms with E-state index < -0.39 is 0 Å². The molecule has 6 heteroatoms. The molecule has 0 spiro atoms. The van der Waals surface area contributed by atoms with E-state index in [4.69, 9.17) is 16.3 Å². The summed E-state index contributed by atoms with van der Waals surface area (Å²) in [4.78, 5) is 19.5. The highest BCUT2D eigenvalue weighted by Gasteiger charge is 2.12. The zero-order chi connectivity index (χ0) is 21.6. The summed E-state index contributed by atoms with van der Waals surface area (Å²) in [6, 6.07) is 23.5. The predicted octanol–water partition coefficient (Wildman–Crippen LogP) is 4.95. The SMILES string of the molecule is CCOc1ccc(CN(Cc2ccccc2)Cc2cc(=O)n3cc(Cl)ccc3n2)cc1. The monoisotopic (exact) mass is 433 g/mol. The molecule has 5 nitrogen and oxygen atoms in total. The van der Waals surface area contributed by atoms with Crippen LogP contribution in [0.15, 0.2) is 83.8 Å². The standard InChI is InChI=1S/C25H24ClN3O2/c1-2-31-23-11-8-20(9-12-23)16-28(15-19-6-4-3-5-7-19)18-22-14-25(30)29-17-21(26)10-13-24(29)27-22/h3-14,17H,2,15-16,18H2,1H3. The number of rotatable bonds is 8. The van der Waals surface area contributed by atoms with Gasteiger partial charge >= 0.3 is 0 Å². The van der Waals surface area contributed by atoms with Crippen molar-refractivity contribution < 1.29 is 4.74 Å². The first kappa shape index (κ1) is 21.1. The molecule has 2 aromatic carbocycles. The molecule has 0 saturated carbocycles. The number of halogens is 1. The van der Waals surface area contributed by atoms with Crippen molar-refractivity contribution in [1.82, 2.24) is 14.3 Å². The van der Waals surface area contributed by atoms with E-state index in [1.807, 2.05) is 37.3 Å². The maximum atomic E-state index is 12.6. The number of hydrogen-bond acceptors (Lipinski definition) is 4. The molecule has 0 aliphatic rings. The minimum Gasteiger partial charge on any atom is -0.494 e. The van der Waals surface area contributed by atoms with Crippen molar-refractivity contribution in [1.29, 1.82) is 0 Å². The van der Waals surface area contributed by atoms with Crippen LogP contribution in [0.25, 0.3) is 5.65 Å². The quantitative estimate of drug-likeness (QED) is 0.394. The molecule has 2 heterocycles. The number of benzene rings is 2. The molecule has 4 aromatic rings. The van der Waals surface area contributed by atoms with Crippen molar-refractivity contribution in [2.75, 3.05) is 6.61 Å². The van der Waals surface area contributed by atoms with Crippen molar-refractivity contribution >= 4 is 17.2 Å². The van der Waals surface area contributed by atoms with Crippen molar-refractivity contribution in [2.24, 2.45) is 0 Å². The molecule has 0 N–H and O–H groups in total. The summed E-state index contributed by atoms with van der Waals surface area (Å²) in [5.74, 6) is 0.865. The van der Waals surface area contributed by atoms with Crippen LogP contribution in [0.1, 0.15) is 23.7 Å². The van der Waals surface area contributed by atoms with Crippen molar-refractivity contribution in [3.63, 3.8) is 0 Å². The fourth-order valence-electron chi connectivity index (χ4n) is 3.56. The third-order valence-corrected chi connectivity index (χ3v) is 5.18. The van der Waals surface area contributed by atoms with E-state index in [-0.39, 0.29) is 5.56 Å². The highest BCUT2D eigenvalue weighted by atomic mass is 35.5. The second kappa shape index (κ2) is 9.77. The summed E-state index contributed by atoms with van der Waals surface area (Å²) in [7, 11) is 0. The van der Waals surface area contributed by atoms with Gasteiger partial charge in [0.05, 0.1) is 17.3 Å². The second-order valence-electron chi connectivity index (χ2n) is 7.37. The number of ether oxygens (including phenoxy) is 1. The van der Waals surface area contributed by atoms with Crippen molar-refractivity contribution in [2.45, 2.75) is 26.6 Å². The van der Waals surface area contributed by atoms with Gasteiger partial charge in [0.1, 0.15) is 11.4 Å². The van der Waals surface area contributed by atoms with Gasteiger partial charge in [0, 0.05) is 31.9 Å². The molecular weight excluding hydrogens is 410 g/mol. The Kier molecular flexibility index (Phi) is 6.65. The third-order valence-electron chi connectivity index (χ3n) is 4.95. The number of nitrogens with zero attached hydrogens (tertiary/aromatic N) is 3. The lowest BCUT2D eigenvalue weighted by Gasteiger charge is -2.22. The van der Waals surface area contributed by atoms with Gasteiger partial charge in [-0.3, -0.25) is 14.1 Å². The molecule has 31 heavy (non-hydrogen) atoms. The van der Waals surface area contributed by atoms with E-state index in [1.165, 1.54) is 15.5 Å². The topological polar surface area (TPSA) is 46.8 Å². The normalized spacial score (nSPS) is 11.2. The summed E-state index contributed by atoms with van der Waals surface area (Å²) in [6.07, 6.45) is 1.59. The summed E-state index contributed by atoms with van der Waals surface area (Å²) in [6.45, 7) is 4.64.